The fourth-order valence-electron chi connectivity index (χ4n) is 1.23. The summed E-state index contributed by atoms with van der Waals surface area (Å²) in [6.45, 7) is 2.30. The Balaban J connectivity index is 2.60. The predicted octanol–water partition coefficient (Wildman–Crippen LogP) is 2.99. The number of aryl methyl sites for hydroxylation is 1. The van der Waals surface area contributed by atoms with Crippen molar-refractivity contribution < 1.29 is 18.0 Å². The number of carbonyl (C=O) groups excluding carboxylic acids is 1. The number of amides is 2. The molecule has 0 radical (unpaired) electrons. The fourth-order valence-corrected chi connectivity index (χ4v) is 1.23. The van der Waals surface area contributed by atoms with Gasteiger partial charge in [0.05, 0.1) is 0 Å². The molecular weight excluding hydrogens is 233 g/mol. The van der Waals surface area contributed by atoms with Gasteiger partial charge in [0.1, 0.15) is 6.54 Å². The quantitative estimate of drug-likeness (QED) is 0.827. The molecule has 0 heterocycles. The second kappa shape index (κ2) is 5.07. The first kappa shape index (κ1) is 13.3. The zero-order chi connectivity index (χ0) is 13.1. The van der Waals surface area contributed by atoms with Crippen LogP contribution in [0.1, 0.15) is 11.1 Å². The number of anilines is 1. The van der Waals surface area contributed by atoms with Crippen LogP contribution in [0, 0.1) is 13.8 Å². The van der Waals surface area contributed by atoms with Gasteiger partial charge < -0.3 is 10.6 Å². The molecule has 0 atom stereocenters. The fraction of sp³-hybridized carbons (Fsp3) is 0.364. The molecule has 0 aliphatic heterocycles. The van der Waals surface area contributed by atoms with Crippen LogP contribution in [0.5, 0.6) is 0 Å². The Morgan fingerprint density at radius 3 is 2.53 bits per heavy atom. The minimum absolute atomic E-state index is 0.504. The van der Waals surface area contributed by atoms with Gasteiger partial charge in [-0.2, -0.15) is 13.2 Å². The summed E-state index contributed by atoms with van der Waals surface area (Å²) in [5.74, 6) is 0. The molecule has 6 heteroatoms. The van der Waals surface area contributed by atoms with Crippen LogP contribution in [0.4, 0.5) is 23.7 Å². The van der Waals surface area contributed by atoms with Crippen molar-refractivity contribution in [1.82, 2.24) is 5.32 Å². The highest BCUT2D eigenvalue weighted by Gasteiger charge is 2.27. The van der Waals surface area contributed by atoms with E-state index < -0.39 is 18.8 Å². The molecule has 2 amide bonds. The third kappa shape index (κ3) is 4.34. The van der Waals surface area contributed by atoms with Crippen LogP contribution in [-0.2, 0) is 0 Å². The molecule has 0 aromatic heterocycles. The SMILES string of the molecule is Cc1cccc(NC(=O)NCC(F)(F)F)c1C. The van der Waals surface area contributed by atoms with Crippen LogP contribution in [0.25, 0.3) is 0 Å². The van der Waals surface area contributed by atoms with Crippen molar-refractivity contribution in [2.75, 3.05) is 11.9 Å². The predicted molar refractivity (Wildman–Crippen MR) is 59.0 cm³/mol. The molecule has 0 fully saturated rings. The second-order valence-corrected chi connectivity index (χ2v) is 3.67. The maximum absolute atomic E-state index is 11.9. The van der Waals surface area contributed by atoms with Crippen molar-refractivity contribution in [3.05, 3.63) is 29.3 Å². The number of alkyl halides is 3. The normalized spacial score (nSPS) is 11.1. The van der Waals surface area contributed by atoms with Crippen LogP contribution in [-0.4, -0.2) is 18.8 Å². The number of halogens is 3. The Hall–Kier alpha value is -1.72. The molecule has 3 nitrogen and oxygen atoms in total. The van der Waals surface area contributed by atoms with E-state index in [2.05, 4.69) is 5.32 Å². The molecule has 0 aliphatic carbocycles. The molecular formula is C11H13F3N2O. The lowest BCUT2D eigenvalue weighted by molar-refractivity contribution is -0.122. The molecule has 94 valence electrons. The van der Waals surface area contributed by atoms with Gasteiger partial charge in [-0.15, -0.1) is 0 Å². The number of rotatable bonds is 2. The van der Waals surface area contributed by atoms with Gasteiger partial charge in [-0.3, -0.25) is 0 Å². The summed E-state index contributed by atoms with van der Waals surface area (Å²) in [4.78, 5) is 11.2. The first-order valence-electron chi connectivity index (χ1n) is 4.97. The standard InChI is InChI=1S/C11H13F3N2O/c1-7-4-3-5-9(8(7)2)16-10(17)15-6-11(12,13)14/h3-5H,6H2,1-2H3,(H2,15,16,17). The second-order valence-electron chi connectivity index (χ2n) is 3.67. The highest BCUT2D eigenvalue weighted by Crippen LogP contribution is 2.18. The van der Waals surface area contributed by atoms with Crippen molar-refractivity contribution in [3.63, 3.8) is 0 Å². The summed E-state index contributed by atoms with van der Waals surface area (Å²) in [7, 11) is 0. The molecule has 0 saturated heterocycles. The van der Waals surface area contributed by atoms with E-state index in [-0.39, 0.29) is 0 Å². The van der Waals surface area contributed by atoms with E-state index >= 15 is 0 Å². The lowest BCUT2D eigenvalue weighted by Crippen LogP contribution is -2.36. The van der Waals surface area contributed by atoms with E-state index in [9.17, 15) is 18.0 Å². The van der Waals surface area contributed by atoms with Gasteiger partial charge in [0.15, 0.2) is 0 Å². The number of hydrogen-bond acceptors (Lipinski definition) is 1. The first-order chi connectivity index (χ1) is 7.79. The number of urea groups is 1. The number of benzene rings is 1. The maximum atomic E-state index is 11.9. The highest BCUT2D eigenvalue weighted by molar-refractivity contribution is 5.90. The lowest BCUT2D eigenvalue weighted by Gasteiger charge is -2.12. The molecule has 0 aliphatic rings. The van der Waals surface area contributed by atoms with Crippen molar-refractivity contribution in [1.29, 1.82) is 0 Å². The van der Waals surface area contributed by atoms with Crippen molar-refractivity contribution in [2.45, 2.75) is 20.0 Å². The van der Waals surface area contributed by atoms with E-state index in [4.69, 9.17) is 0 Å². The smallest absolute Gasteiger partial charge is 0.329 e. The summed E-state index contributed by atoms with van der Waals surface area (Å²) >= 11 is 0. The van der Waals surface area contributed by atoms with Gasteiger partial charge in [0.25, 0.3) is 0 Å². The zero-order valence-corrected chi connectivity index (χ0v) is 9.48. The summed E-state index contributed by atoms with van der Waals surface area (Å²) in [5.41, 5.74) is 2.29. The van der Waals surface area contributed by atoms with Gasteiger partial charge in [0, 0.05) is 5.69 Å². The van der Waals surface area contributed by atoms with Crippen molar-refractivity contribution >= 4 is 11.7 Å². The third-order valence-corrected chi connectivity index (χ3v) is 2.30. The summed E-state index contributed by atoms with van der Waals surface area (Å²) in [5, 5.41) is 4.12. The highest BCUT2D eigenvalue weighted by atomic mass is 19.4. The average molecular weight is 246 g/mol. The number of carbonyl (C=O) groups is 1. The lowest BCUT2D eigenvalue weighted by atomic mass is 10.1. The Kier molecular flexibility index (Phi) is 3.98. The van der Waals surface area contributed by atoms with Crippen molar-refractivity contribution in [2.24, 2.45) is 0 Å². The van der Waals surface area contributed by atoms with Crippen LogP contribution in [0.2, 0.25) is 0 Å². The molecule has 0 saturated carbocycles. The molecule has 1 rings (SSSR count). The van der Waals surface area contributed by atoms with Gasteiger partial charge in [-0.25, -0.2) is 4.79 Å². The molecule has 2 N–H and O–H groups in total. The molecule has 1 aromatic carbocycles. The van der Waals surface area contributed by atoms with E-state index in [1.165, 1.54) is 0 Å². The largest absolute Gasteiger partial charge is 0.405 e. The van der Waals surface area contributed by atoms with Crippen molar-refractivity contribution in [3.8, 4) is 0 Å². The molecule has 1 aromatic rings. The van der Waals surface area contributed by atoms with Crippen LogP contribution < -0.4 is 10.6 Å². The van der Waals surface area contributed by atoms with Gasteiger partial charge >= 0.3 is 12.2 Å². The summed E-state index contributed by atoms with van der Waals surface area (Å²) in [6.07, 6.45) is -4.40. The zero-order valence-electron chi connectivity index (χ0n) is 9.48. The molecule has 0 spiro atoms. The number of nitrogens with one attached hydrogen (secondary N) is 2. The maximum Gasteiger partial charge on any atom is 0.405 e. The van der Waals surface area contributed by atoms with Gasteiger partial charge in [-0.05, 0) is 31.0 Å². The van der Waals surface area contributed by atoms with E-state index in [0.717, 1.165) is 11.1 Å². The van der Waals surface area contributed by atoms with Gasteiger partial charge in [0.2, 0.25) is 0 Å². The van der Waals surface area contributed by atoms with Crippen LogP contribution >= 0.6 is 0 Å². The number of hydrogen-bond donors (Lipinski definition) is 2. The summed E-state index contributed by atoms with van der Waals surface area (Å²) < 4.78 is 35.6. The Morgan fingerprint density at radius 1 is 1.29 bits per heavy atom. The molecule has 0 unspecified atom stereocenters. The van der Waals surface area contributed by atoms with Crippen LogP contribution in [0.3, 0.4) is 0 Å². The summed E-state index contributed by atoms with van der Waals surface area (Å²) in [6, 6.07) is 4.35. The minimum Gasteiger partial charge on any atom is -0.329 e. The molecule has 0 bridgehead atoms. The Labute approximate surface area is 97.0 Å². The Morgan fingerprint density at radius 2 is 1.94 bits per heavy atom. The average Bonchev–Trinajstić information content (AvgIpc) is 2.21. The van der Waals surface area contributed by atoms with Gasteiger partial charge in [-0.1, -0.05) is 12.1 Å². The minimum atomic E-state index is -4.40. The first-order valence-corrected chi connectivity index (χ1v) is 4.97. The third-order valence-electron chi connectivity index (χ3n) is 2.30. The van der Waals surface area contributed by atoms with E-state index in [1.54, 1.807) is 24.4 Å². The topological polar surface area (TPSA) is 41.1 Å². The molecule has 17 heavy (non-hydrogen) atoms. The van der Waals surface area contributed by atoms with Crippen LogP contribution in [0.15, 0.2) is 18.2 Å². The Bertz CT molecular complexity index is 416. The monoisotopic (exact) mass is 246 g/mol. The van der Waals surface area contributed by atoms with E-state index in [1.807, 2.05) is 13.0 Å². The van der Waals surface area contributed by atoms with E-state index in [0.29, 0.717) is 5.69 Å².